The Morgan fingerprint density at radius 2 is 1.65 bits per heavy atom. The third-order valence-electron chi connectivity index (χ3n) is 4.36. The van der Waals surface area contributed by atoms with Crippen molar-refractivity contribution in [2.45, 2.75) is 12.5 Å². The van der Waals surface area contributed by atoms with E-state index in [1.807, 2.05) is 6.26 Å². The van der Waals surface area contributed by atoms with E-state index < -0.39 is 24.5 Å². The minimum atomic E-state index is -0.897. The molecule has 0 radical (unpaired) electrons. The lowest BCUT2D eigenvalue weighted by molar-refractivity contribution is -0.144. The van der Waals surface area contributed by atoms with Crippen molar-refractivity contribution in [2.75, 3.05) is 32.8 Å². The summed E-state index contributed by atoms with van der Waals surface area (Å²) < 4.78 is 15.6. The molecule has 1 amide bonds. The Hall–Kier alpha value is -2.71. The lowest BCUT2D eigenvalue weighted by Crippen LogP contribution is -2.42. The molecule has 0 saturated heterocycles. The van der Waals surface area contributed by atoms with Crippen molar-refractivity contribution in [2.24, 2.45) is 0 Å². The summed E-state index contributed by atoms with van der Waals surface area (Å²) in [4.78, 5) is 37.5. The standard InChI is InChI=1S/C22H24ClNO6S/c1-28-19-9-6-15(12-20(19)29-2)21(26)24-17(10-11-31-3)22(27)30-13-18(25)14-4-7-16(23)8-5-14/h4-9,12,17H,10-11,13H2,1-3H3,(H,24,26)/t17-/m0/s1. The Balaban J connectivity index is 2.04. The van der Waals surface area contributed by atoms with E-state index in [1.165, 1.54) is 32.0 Å². The van der Waals surface area contributed by atoms with Gasteiger partial charge in [-0.2, -0.15) is 11.8 Å². The predicted octanol–water partition coefficient (Wildman–Crippen LogP) is 3.63. The van der Waals surface area contributed by atoms with Gasteiger partial charge in [0.1, 0.15) is 6.04 Å². The van der Waals surface area contributed by atoms with Gasteiger partial charge in [0.15, 0.2) is 23.9 Å². The van der Waals surface area contributed by atoms with E-state index in [4.69, 9.17) is 25.8 Å². The van der Waals surface area contributed by atoms with Gasteiger partial charge in [0.2, 0.25) is 0 Å². The summed E-state index contributed by atoms with van der Waals surface area (Å²) in [5.74, 6) is 0.0000328. The number of ether oxygens (including phenoxy) is 3. The molecule has 2 rings (SSSR count). The quantitative estimate of drug-likeness (QED) is 0.400. The Bertz CT molecular complexity index is 919. The van der Waals surface area contributed by atoms with Crippen LogP contribution < -0.4 is 14.8 Å². The van der Waals surface area contributed by atoms with Gasteiger partial charge in [-0.15, -0.1) is 0 Å². The molecule has 0 aromatic heterocycles. The fraction of sp³-hybridized carbons (Fsp3) is 0.318. The molecule has 2 aromatic rings. The molecule has 0 heterocycles. The fourth-order valence-corrected chi connectivity index (χ4v) is 3.26. The van der Waals surface area contributed by atoms with Gasteiger partial charge in [-0.3, -0.25) is 9.59 Å². The van der Waals surface area contributed by atoms with Crippen molar-refractivity contribution in [1.82, 2.24) is 5.32 Å². The van der Waals surface area contributed by atoms with Crippen molar-refractivity contribution in [3.8, 4) is 11.5 Å². The monoisotopic (exact) mass is 465 g/mol. The number of nitrogens with one attached hydrogen (secondary N) is 1. The smallest absolute Gasteiger partial charge is 0.329 e. The van der Waals surface area contributed by atoms with Gasteiger partial charge < -0.3 is 19.5 Å². The normalized spacial score (nSPS) is 11.4. The van der Waals surface area contributed by atoms with Gasteiger partial charge in [-0.25, -0.2) is 4.79 Å². The van der Waals surface area contributed by atoms with E-state index in [0.29, 0.717) is 39.8 Å². The number of thioether (sulfide) groups is 1. The summed E-state index contributed by atoms with van der Waals surface area (Å²) in [6.07, 6.45) is 2.25. The highest BCUT2D eigenvalue weighted by atomic mass is 35.5. The van der Waals surface area contributed by atoms with Gasteiger partial charge in [0.25, 0.3) is 5.91 Å². The molecular formula is C22H24ClNO6S. The molecule has 0 aliphatic heterocycles. The molecule has 0 bridgehead atoms. The minimum Gasteiger partial charge on any atom is -0.493 e. The molecule has 0 aliphatic rings. The van der Waals surface area contributed by atoms with Crippen LogP contribution in [0.1, 0.15) is 27.1 Å². The minimum absolute atomic E-state index is 0.303. The second kappa shape index (κ2) is 12.2. The molecule has 9 heteroatoms. The first-order valence-electron chi connectivity index (χ1n) is 9.36. The van der Waals surface area contributed by atoms with Crippen molar-refractivity contribution in [1.29, 1.82) is 0 Å². The Morgan fingerprint density at radius 1 is 1.00 bits per heavy atom. The summed E-state index contributed by atoms with van der Waals surface area (Å²) in [7, 11) is 2.97. The molecule has 0 aliphatic carbocycles. The van der Waals surface area contributed by atoms with E-state index in [1.54, 1.807) is 36.4 Å². The zero-order chi connectivity index (χ0) is 22.8. The van der Waals surface area contributed by atoms with Crippen LogP contribution in [0.4, 0.5) is 0 Å². The molecule has 0 saturated carbocycles. The van der Waals surface area contributed by atoms with E-state index in [9.17, 15) is 14.4 Å². The zero-order valence-electron chi connectivity index (χ0n) is 17.5. The Kier molecular flexibility index (Phi) is 9.68. The number of rotatable bonds is 11. The zero-order valence-corrected chi connectivity index (χ0v) is 19.0. The number of ketones is 1. The third-order valence-corrected chi connectivity index (χ3v) is 5.25. The van der Waals surface area contributed by atoms with Gasteiger partial charge in [0.05, 0.1) is 14.2 Å². The van der Waals surface area contributed by atoms with Crippen molar-refractivity contribution >= 4 is 41.0 Å². The number of carbonyl (C=O) groups is 3. The maximum absolute atomic E-state index is 12.7. The van der Waals surface area contributed by atoms with Gasteiger partial charge in [0, 0.05) is 16.1 Å². The van der Waals surface area contributed by atoms with Gasteiger partial charge in [-0.1, -0.05) is 11.6 Å². The first kappa shape index (κ1) is 24.6. The van der Waals surface area contributed by atoms with E-state index >= 15 is 0 Å². The number of hydrogen-bond acceptors (Lipinski definition) is 7. The summed E-state index contributed by atoms with van der Waals surface area (Å²) in [5, 5.41) is 3.18. The maximum atomic E-state index is 12.7. The van der Waals surface area contributed by atoms with E-state index in [2.05, 4.69) is 5.32 Å². The molecule has 166 valence electrons. The maximum Gasteiger partial charge on any atom is 0.329 e. The lowest BCUT2D eigenvalue weighted by atomic mass is 10.1. The van der Waals surface area contributed by atoms with Crippen molar-refractivity contribution < 1.29 is 28.6 Å². The van der Waals surface area contributed by atoms with Crippen LogP contribution in [0.5, 0.6) is 11.5 Å². The summed E-state index contributed by atoms with van der Waals surface area (Å²) in [5.41, 5.74) is 0.684. The van der Waals surface area contributed by atoms with Crippen molar-refractivity contribution in [3.05, 3.63) is 58.6 Å². The highest BCUT2D eigenvalue weighted by Gasteiger charge is 2.24. The number of Topliss-reactive ketones (excluding diaryl/α,β-unsaturated/α-hetero) is 1. The Morgan fingerprint density at radius 3 is 2.26 bits per heavy atom. The molecule has 31 heavy (non-hydrogen) atoms. The lowest BCUT2D eigenvalue weighted by Gasteiger charge is -2.18. The van der Waals surface area contributed by atoms with Crippen LogP contribution in [-0.4, -0.2) is 56.5 Å². The average Bonchev–Trinajstić information content (AvgIpc) is 2.79. The molecule has 7 nitrogen and oxygen atoms in total. The number of amides is 1. The summed E-state index contributed by atoms with van der Waals surface area (Å²) in [6, 6.07) is 10.1. The van der Waals surface area contributed by atoms with E-state index in [0.717, 1.165) is 0 Å². The summed E-state index contributed by atoms with van der Waals surface area (Å²) in [6.45, 7) is -0.428. The largest absolute Gasteiger partial charge is 0.493 e. The molecule has 1 N–H and O–H groups in total. The fourth-order valence-electron chi connectivity index (χ4n) is 2.66. The molecule has 0 unspecified atom stereocenters. The van der Waals surface area contributed by atoms with Crippen LogP contribution in [-0.2, 0) is 9.53 Å². The van der Waals surface area contributed by atoms with Gasteiger partial charge >= 0.3 is 5.97 Å². The third kappa shape index (κ3) is 7.18. The second-order valence-corrected chi connectivity index (χ2v) is 7.84. The van der Waals surface area contributed by atoms with E-state index in [-0.39, 0.29) is 5.78 Å². The van der Waals surface area contributed by atoms with Crippen LogP contribution in [0.25, 0.3) is 0 Å². The first-order chi connectivity index (χ1) is 14.9. The number of hydrogen-bond donors (Lipinski definition) is 1. The van der Waals surface area contributed by atoms with Crippen LogP contribution in [0, 0.1) is 0 Å². The molecule has 0 fully saturated rings. The van der Waals surface area contributed by atoms with Crippen LogP contribution in [0.15, 0.2) is 42.5 Å². The Labute approximate surface area is 190 Å². The first-order valence-corrected chi connectivity index (χ1v) is 11.1. The van der Waals surface area contributed by atoms with Crippen LogP contribution in [0.3, 0.4) is 0 Å². The molecule has 0 spiro atoms. The topological polar surface area (TPSA) is 90.9 Å². The molecular weight excluding hydrogens is 442 g/mol. The molecule has 1 atom stereocenters. The van der Waals surface area contributed by atoms with Crippen molar-refractivity contribution in [3.63, 3.8) is 0 Å². The average molecular weight is 466 g/mol. The number of halogens is 1. The van der Waals surface area contributed by atoms with Crippen LogP contribution in [0.2, 0.25) is 5.02 Å². The second-order valence-electron chi connectivity index (χ2n) is 6.42. The SMILES string of the molecule is COc1ccc(C(=O)N[C@@H](CCSC)C(=O)OCC(=O)c2ccc(Cl)cc2)cc1OC. The van der Waals surface area contributed by atoms with Gasteiger partial charge in [-0.05, 0) is 60.9 Å². The number of carbonyl (C=O) groups excluding carboxylic acids is 3. The highest BCUT2D eigenvalue weighted by molar-refractivity contribution is 7.98. The molecule has 2 aromatic carbocycles. The number of methoxy groups -OCH3 is 2. The highest BCUT2D eigenvalue weighted by Crippen LogP contribution is 2.27. The number of esters is 1. The van der Waals surface area contributed by atoms with Crippen LogP contribution >= 0.6 is 23.4 Å². The predicted molar refractivity (Wildman–Crippen MR) is 121 cm³/mol. The summed E-state index contributed by atoms with van der Waals surface area (Å²) >= 11 is 7.34. The number of benzene rings is 2.